The third kappa shape index (κ3) is 2.94. The molecular formula is C11H17N3O. The van der Waals surface area contributed by atoms with Crippen molar-refractivity contribution < 1.29 is 0 Å². The fraction of sp³-hybridized carbons (Fsp3) is 0.455. The predicted octanol–water partition coefficient (Wildman–Crippen LogP) is 1.63. The van der Waals surface area contributed by atoms with Crippen LogP contribution >= 0.6 is 0 Å². The van der Waals surface area contributed by atoms with Crippen LogP contribution in [0.4, 0.5) is 5.95 Å². The molecule has 0 spiro atoms. The Balaban J connectivity index is 3.08. The van der Waals surface area contributed by atoms with Crippen molar-refractivity contribution in [3.05, 3.63) is 34.3 Å². The summed E-state index contributed by atoms with van der Waals surface area (Å²) in [5, 5.41) is 3.06. The summed E-state index contributed by atoms with van der Waals surface area (Å²) in [6.45, 7) is 9.43. The average Bonchev–Trinajstić information content (AvgIpc) is 2.10. The molecule has 2 N–H and O–H groups in total. The molecule has 0 aromatic carbocycles. The highest BCUT2D eigenvalue weighted by Crippen LogP contribution is 2.04. The van der Waals surface area contributed by atoms with Crippen molar-refractivity contribution in [1.82, 2.24) is 9.97 Å². The van der Waals surface area contributed by atoms with Gasteiger partial charge in [-0.25, -0.2) is 4.98 Å². The zero-order valence-corrected chi connectivity index (χ0v) is 9.42. The van der Waals surface area contributed by atoms with E-state index in [0.717, 1.165) is 5.69 Å². The quantitative estimate of drug-likeness (QED) is 0.738. The van der Waals surface area contributed by atoms with E-state index in [2.05, 4.69) is 21.9 Å². The minimum Gasteiger partial charge on any atom is -0.354 e. The van der Waals surface area contributed by atoms with Gasteiger partial charge in [0.05, 0.1) is 5.69 Å². The van der Waals surface area contributed by atoms with Crippen LogP contribution in [0.25, 0.3) is 0 Å². The van der Waals surface area contributed by atoms with Gasteiger partial charge >= 0.3 is 0 Å². The Morgan fingerprint density at radius 1 is 1.60 bits per heavy atom. The van der Waals surface area contributed by atoms with E-state index < -0.39 is 0 Å². The second-order valence-corrected chi connectivity index (χ2v) is 3.77. The zero-order chi connectivity index (χ0) is 11.4. The van der Waals surface area contributed by atoms with E-state index in [1.807, 2.05) is 20.8 Å². The summed E-state index contributed by atoms with van der Waals surface area (Å²) < 4.78 is 0. The second-order valence-electron chi connectivity index (χ2n) is 3.77. The van der Waals surface area contributed by atoms with Gasteiger partial charge in [-0.05, 0) is 27.2 Å². The lowest BCUT2D eigenvalue weighted by atomic mass is 10.2. The highest BCUT2D eigenvalue weighted by Gasteiger charge is 2.06. The largest absolute Gasteiger partial charge is 0.354 e. The summed E-state index contributed by atoms with van der Waals surface area (Å²) in [6, 6.07) is 0.248. The summed E-state index contributed by atoms with van der Waals surface area (Å²) in [6.07, 6.45) is 2.25. The highest BCUT2D eigenvalue weighted by molar-refractivity contribution is 5.30. The van der Waals surface area contributed by atoms with Crippen LogP contribution in [0.1, 0.15) is 25.1 Å². The number of aromatic amines is 1. The number of hydrogen-bond donors (Lipinski definition) is 2. The van der Waals surface area contributed by atoms with Crippen LogP contribution in [0.5, 0.6) is 0 Å². The lowest BCUT2D eigenvalue weighted by Gasteiger charge is -2.10. The van der Waals surface area contributed by atoms with Gasteiger partial charge in [0.1, 0.15) is 0 Å². The van der Waals surface area contributed by atoms with Crippen LogP contribution in [0.15, 0.2) is 17.4 Å². The summed E-state index contributed by atoms with van der Waals surface area (Å²) >= 11 is 0. The van der Waals surface area contributed by atoms with E-state index in [9.17, 15) is 4.79 Å². The van der Waals surface area contributed by atoms with Gasteiger partial charge in [0.15, 0.2) is 0 Å². The summed E-state index contributed by atoms with van der Waals surface area (Å²) in [4.78, 5) is 18.6. The normalized spacial score (nSPS) is 10.4. The minimum absolute atomic E-state index is 0.0921. The molecule has 0 saturated carbocycles. The fourth-order valence-electron chi connectivity index (χ4n) is 1.34. The molecule has 0 aliphatic carbocycles. The van der Waals surface area contributed by atoms with Crippen molar-refractivity contribution >= 4 is 5.95 Å². The van der Waals surface area contributed by atoms with Crippen molar-refractivity contribution in [2.24, 2.45) is 0 Å². The van der Waals surface area contributed by atoms with Crippen molar-refractivity contribution in [2.75, 3.05) is 5.32 Å². The first-order valence-corrected chi connectivity index (χ1v) is 5.01. The fourth-order valence-corrected chi connectivity index (χ4v) is 1.34. The highest BCUT2D eigenvalue weighted by atomic mass is 16.1. The van der Waals surface area contributed by atoms with Crippen molar-refractivity contribution in [2.45, 2.75) is 33.2 Å². The molecule has 0 unspecified atom stereocenters. The molecule has 0 aliphatic rings. The number of H-pyrrole nitrogens is 1. The Morgan fingerprint density at radius 3 is 2.73 bits per heavy atom. The van der Waals surface area contributed by atoms with Crippen LogP contribution in [0, 0.1) is 6.92 Å². The van der Waals surface area contributed by atoms with Crippen molar-refractivity contribution in [3.63, 3.8) is 0 Å². The monoisotopic (exact) mass is 207 g/mol. The van der Waals surface area contributed by atoms with Crippen LogP contribution < -0.4 is 10.9 Å². The van der Waals surface area contributed by atoms with E-state index in [1.54, 1.807) is 6.08 Å². The second kappa shape index (κ2) is 4.77. The average molecular weight is 207 g/mol. The van der Waals surface area contributed by atoms with Gasteiger partial charge in [-0.2, -0.15) is 0 Å². The molecular weight excluding hydrogens is 190 g/mol. The molecule has 0 radical (unpaired) electrons. The summed E-state index contributed by atoms with van der Waals surface area (Å²) in [7, 11) is 0. The van der Waals surface area contributed by atoms with Gasteiger partial charge in [-0.1, -0.05) is 6.08 Å². The number of nitrogens with one attached hydrogen (secondary N) is 2. The van der Waals surface area contributed by atoms with Crippen LogP contribution in [0.3, 0.4) is 0 Å². The summed E-state index contributed by atoms with van der Waals surface area (Å²) in [5.74, 6) is 0.528. The Labute approximate surface area is 89.4 Å². The van der Waals surface area contributed by atoms with E-state index >= 15 is 0 Å². The molecule has 82 valence electrons. The number of hydrogen-bond acceptors (Lipinski definition) is 3. The van der Waals surface area contributed by atoms with Gasteiger partial charge in [0, 0.05) is 11.6 Å². The van der Waals surface area contributed by atoms with Crippen LogP contribution in [0.2, 0.25) is 0 Å². The van der Waals surface area contributed by atoms with Gasteiger partial charge in [0.25, 0.3) is 5.56 Å². The third-order valence-electron chi connectivity index (χ3n) is 2.00. The molecule has 0 saturated heterocycles. The standard InChI is InChI=1S/C11H17N3O/c1-5-6-9-8(4)13-11(12-7(2)3)14-10(9)15/h5,7H,1,6H2,2-4H3,(H2,12,13,14,15). The number of aryl methyl sites for hydroxylation is 1. The number of rotatable bonds is 4. The number of nitrogens with zero attached hydrogens (tertiary/aromatic N) is 1. The molecule has 0 amide bonds. The first kappa shape index (κ1) is 11.5. The maximum absolute atomic E-state index is 11.6. The Morgan fingerprint density at radius 2 is 2.27 bits per heavy atom. The Kier molecular flexibility index (Phi) is 3.66. The molecule has 0 fully saturated rings. The van der Waals surface area contributed by atoms with E-state index in [-0.39, 0.29) is 11.6 Å². The smallest absolute Gasteiger partial charge is 0.256 e. The van der Waals surface area contributed by atoms with Gasteiger partial charge in [-0.3, -0.25) is 9.78 Å². The first-order chi connectivity index (χ1) is 7.04. The van der Waals surface area contributed by atoms with Gasteiger partial charge < -0.3 is 5.32 Å². The first-order valence-electron chi connectivity index (χ1n) is 5.01. The molecule has 0 atom stereocenters. The minimum atomic E-state index is -0.0921. The topological polar surface area (TPSA) is 57.8 Å². The lowest BCUT2D eigenvalue weighted by molar-refractivity contribution is 0.860. The maximum Gasteiger partial charge on any atom is 0.256 e. The molecule has 15 heavy (non-hydrogen) atoms. The molecule has 4 nitrogen and oxygen atoms in total. The van der Waals surface area contributed by atoms with E-state index in [1.165, 1.54) is 0 Å². The van der Waals surface area contributed by atoms with Gasteiger partial charge in [0.2, 0.25) is 5.95 Å². The third-order valence-corrected chi connectivity index (χ3v) is 2.00. The molecule has 0 bridgehead atoms. The molecule has 0 aliphatic heterocycles. The maximum atomic E-state index is 11.6. The zero-order valence-electron chi connectivity index (χ0n) is 9.42. The SMILES string of the molecule is C=CCc1c(C)nc(NC(C)C)[nH]c1=O. The molecule has 1 rings (SSSR count). The van der Waals surface area contributed by atoms with E-state index in [0.29, 0.717) is 17.9 Å². The summed E-state index contributed by atoms with van der Waals surface area (Å²) in [5.41, 5.74) is 1.34. The molecule has 1 aromatic rings. The van der Waals surface area contributed by atoms with Crippen molar-refractivity contribution in [1.29, 1.82) is 0 Å². The number of aromatic nitrogens is 2. The molecule has 1 aromatic heterocycles. The Hall–Kier alpha value is -1.58. The Bertz CT molecular complexity index is 407. The molecule has 4 heteroatoms. The predicted molar refractivity (Wildman–Crippen MR) is 62.3 cm³/mol. The van der Waals surface area contributed by atoms with E-state index in [4.69, 9.17) is 0 Å². The van der Waals surface area contributed by atoms with Gasteiger partial charge in [-0.15, -0.1) is 6.58 Å². The lowest BCUT2D eigenvalue weighted by Crippen LogP contribution is -2.21. The van der Waals surface area contributed by atoms with Crippen LogP contribution in [-0.4, -0.2) is 16.0 Å². The van der Waals surface area contributed by atoms with Crippen molar-refractivity contribution in [3.8, 4) is 0 Å². The molecule has 1 heterocycles. The number of allylic oxidation sites excluding steroid dienone is 1. The van der Waals surface area contributed by atoms with Crippen LogP contribution in [-0.2, 0) is 6.42 Å². The number of anilines is 1.